The molecule has 0 aromatic heterocycles. The largest absolute Gasteiger partial charge is 0.507 e. The van der Waals surface area contributed by atoms with Crippen LogP contribution in [0.1, 0.15) is 29.6 Å². The van der Waals surface area contributed by atoms with E-state index in [1.165, 1.54) is 12.1 Å². The van der Waals surface area contributed by atoms with Crippen LogP contribution in [-0.2, 0) is 4.74 Å². The number of methoxy groups -OCH3 is 1. The van der Waals surface area contributed by atoms with Crippen molar-refractivity contribution in [3.05, 3.63) is 29.6 Å². The number of phenolic OH excluding ortho intramolecular Hbond substituents is 1. The molecule has 0 aliphatic heterocycles. The topological polar surface area (TPSA) is 58.6 Å². The van der Waals surface area contributed by atoms with Crippen LogP contribution in [0, 0.1) is 11.2 Å². The van der Waals surface area contributed by atoms with Crippen LogP contribution in [0.2, 0.25) is 0 Å². The lowest BCUT2D eigenvalue weighted by molar-refractivity contribution is 0.0931. The van der Waals surface area contributed by atoms with E-state index >= 15 is 0 Å². The van der Waals surface area contributed by atoms with Gasteiger partial charge in [0.1, 0.15) is 17.1 Å². The minimum Gasteiger partial charge on any atom is -0.507 e. The van der Waals surface area contributed by atoms with Gasteiger partial charge in [-0.15, -0.1) is 0 Å². The third-order valence-corrected chi connectivity index (χ3v) is 3.64. The Morgan fingerprint density at radius 1 is 1.53 bits per heavy atom. The van der Waals surface area contributed by atoms with E-state index in [0.717, 1.165) is 25.3 Å². The summed E-state index contributed by atoms with van der Waals surface area (Å²) in [5.74, 6) is -1.61. The lowest BCUT2D eigenvalue weighted by atomic mass is 10.0. The van der Waals surface area contributed by atoms with E-state index in [-0.39, 0.29) is 16.7 Å². The zero-order valence-corrected chi connectivity index (χ0v) is 10.9. The predicted octanol–water partition coefficient (Wildman–Crippen LogP) is 2.08. The Hall–Kier alpha value is -1.62. The van der Waals surface area contributed by atoms with Crippen LogP contribution in [0.25, 0.3) is 0 Å². The van der Waals surface area contributed by atoms with Gasteiger partial charge in [0.2, 0.25) is 0 Å². The summed E-state index contributed by atoms with van der Waals surface area (Å²) >= 11 is 0. The molecule has 5 heteroatoms. The molecule has 0 bridgehead atoms. The number of ether oxygens (including phenoxy) is 1. The number of aromatic hydroxyl groups is 1. The second-order valence-corrected chi connectivity index (χ2v) is 5.06. The van der Waals surface area contributed by atoms with E-state index in [1.54, 1.807) is 7.11 Å². The summed E-state index contributed by atoms with van der Waals surface area (Å²) in [7, 11) is 1.64. The summed E-state index contributed by atoms with van der Waals surface area (Å²) in [5.41, 5.74) is -0.197. The number of benzene rings is 1. The third-order valence-electron chi connectivity index (χ3n) is 3.64. The van der Waals surface area contributed by atoms with Crippen molar-refractivity contribution in [2.45, 2.75) is 19.3 Å². The molecule has 19 heavy (non-hydrogen) atoms. The monoisotopic (exact) mass is 267 g/mol. The number of carbonyl (C=O) groups excluding carboxylic acids is 1. The van der Waals surface area contributed by atoms with Crippen molar-refractivity contribution < 1.29 is 19.0 Å². The molecule has 1 aliphatic carbocycles. The predicted molar refractivity (Wildman–Crippen MR) is 68.6 cm³/mol. The second-order valence-electron chi connectivity index (χ2n) is 5.06. The molecule has 0 unspecified atom stereocenters. The normalized spacial score (nSPS) is 16.1. The Morgan fingerprint density at radius 3 is 2.84 bits per heavy atom. The summed E-state index contributed by atoms with van der Waals surface area (Å²) in [6.07, 6.45) is 2.97. The highest BCUT2D eigenvalue weighted by Crippen LogP contribution is 2.48. The third kappa shape index (κ3) is 3.23. The molecule has 1 aromatic carbocycles. The average Bonchev–Trinajstić information content (AvgIpc) is 3.14. The molecule has 0 saturated heterocycles. The molecule has 1 saturated carbocycles. The first kappa shape index (κ1) is 13.8. The lowest BCUT2D eigenvalue weighted by Crippen LogP contribution is -2.31. The highest BCUT2D eigenvalue weighted by Gasteiger charge is 2.42. The van der Waals surface area contributed by atoms with Gasteiger partial charge in [0.25, 0.3) is 5.91 Å². The molecule has 0 radical (unpaired) electrons. The van der Waals surface area contributed by atoms with E-state index in [1.807, 2.05) is 0 Å². The van der Waals surface area contributed by atoms with Gasteiger partial charge in [-0.1, -0.05) is 6.07 Å². The molecular weight excluding hydrogens is 249 g/mol. The zero-order valence-electron chi connectivity index (χ0n) is 10.9. The Labute approximate surface area is 111 Å². The number of carbonyl (C=O) groups is 1. The molecule has 0 spiro atoms. The maximum Gasteiger partial charge on any atom is 0.258 e. The summed E-state index contributed by atoms with van der Waals surface area (Å²) < 4.78 is 18.5. The van der Waals surface area contributed by atoms with Crippen LogP contribution in [0.15, 0.2) is 18.2 Å². The van der Waals surface area contributed by atoms with Gasteiger partial charge in [-0.2, -0.15) is 0 Å². The first-order chi connectivity index (χ1) is 9.08. The maximum atomic E-state index is 13.5. The van der Waals surface area contributed by atoms with Crippen molar-refractivity contribution in [3.8, 4) is 5.75 Å². The van der Waals surface area contributed by atoms with Gasteiger partial charge in [0.15, 0.2) is 0 Å². The van der Waals surface area contributed by atoms with Crippen LogP contribution in [0.4, 0.5) is 4.39 Å². The molecule has 1 amide bonds. The van der Waals surface area contributed by atoms with E-state index in [9.17, 15) is 14.3 Å². The molecule has 0 heterocycles. The van der Waals surface area contributed by atoms with E-state index in [2.05, 4.69) is 5.32 Å². The number of halogens is 1. The van der Waals surface area contributed by atoms with Crippen LogP contribution < -0.4 is 5.32 Å². The minimum atomic E-state index is -0.709. The van der Waals surface area contributed by atoms with Gasteiger partial charge in [0.05, 0.1) is 0 Å². The SMILES string of the molecule is COCCC1(CNC(=O)c2c(O)cccc2F)CC1. The fourth-order valence-corrected chi connectivity index (χ4v) is 2.10. The number of phenols is 1. The van der Waals surface area contributed by atoms with Gasteiger partial charge < -0.3 is 15.2 Å². The molecule has 104 valence electrons. The van der Waals surface area contributed by atoms with Crippen molar-refractivity contribution >= 4 is 5.91 Å². The quantitative estimate of drug-likeness (QED) is 0.829. The van der Waals surface area contributed by atoms with Crippen LogP contribution in [0.3, 0.4) is 0 Å². The average molecular weight is 267 g/mol. The fraction of sp³-hybridized carbons (Fsp3) is 0.500. The Bertz CT molecular complexity index is 452. The molecule has 1 aliphatic rings. The second kappa shape index (κ2) is 5.57. The molecule has 4 nitrogen and oxygen atoms in total. The van der Waals surface area contributed by atoms with Crippen molar-refractivity contribution in [1.29, 1.82) is 0 Å². The molecule has 2 N–H and O–H groups in total. The van der Waals surface area contributed by atoms with Gasteiger partial charge in [-0.3, -0.25) is 4.79 Å². The first-order valence-electron chi connectivity index (χ1n) is 6.33. The van der Waals surface area contributed by atoms with Crippen LogP contribution >= 0.6 is 0 Å². The van der Waals surface area contributed by atoms with Gasteiger partial charge >= 0.3 is 0 Å². The van der Waals surface area contributed by atoms with Crippen molar-refractivity contribution in [2.75, 3.05) is 20.3 Å². The number of amides is 1. The van der Waals surface area contributed by atoms with E-state index in [4.69, 9.17) is 4.74 Å². The smallest absolute Gasteiger partial charge is 0.258 e. The van der Waals surface area contributed by atoms with E-state index < -0.39 is 11.7 Å². The molecule has 2 rings (SSSR count). The summed E-state index contributed by atoms with van der Waals surface area (Å²) in [6.45, 7) is 1.14. The highest BCUT2D eigenvalue weighted by atomic mass is 19.1. The molecule has 1 aromatic rings. The zero-order chi connectivity index (χ0) is 13.9. The van der Waals surface area contributed by atoms with Gasteiger partial charge in [-0.25, -0.2) is 4.39 Å². The number of hydrogen-bond acceptors (Lipinski definition) is 3. The Morgan fingerprint density at radius 2 is 2.26 bits per heavy atom. The summed E-state index contributed by atoms with van der Waals surface area (Å²) in [5, 5.41) is 12.2. The maximum absolute atomic E-state index is 13.5. The van der Waals surface area contributed by atoms with Gasteiger partial charge in [-0.05, 0) is 36.8 Å². The van der Waals surface area contributed by atoms with E-state index in [0.29, 0.717) is 13.2 Å². The van der Waals surface area contributed by atoms with Crippen molar-refractivity contribution in [1.82, 2.24) is 5.32 Å². The first-order valence-corrected chi connectivity index (χ1v) is 6.33. The molecule has 0 atom stereocenters. The minimum absolute atomic E-state index is 0.0898. The lowest BCUT2D eigenvalue weighted by Gasteiger charge is -2.16. The Kier molecular flexibility index (Phi) is 4.04. The molecular formula is C14H18FNO3. The Balaban J connectivity index is 1.95. The van der Waals surface area contributed by atoms with Crippen LogP contribution in [0.5, 0.6) is 5.75 Å². The van der Waals surface area contributed by atoms with Gasteiger partial charge in [0, 0.05) is 20.3 Å². The number of rotatable bonds is 6. The number of nitrogens with one attached hydrogen (secondary N) is 1. The number of hydrogen-bond donors (Lipinski definition) is 2. The standard InChI is InChI=1S/C14H18FNO3/c1-19-8-7-14(5-6-14)9-16-13(18)12-10(15)3-2-4-11(12)17/h2-4,17H,5-9H2,1H3,(H,16,18). The summed E-state index contributed by atoms with van der Waals surface area (Å²) in [4.78, 5) is 11.9. The molecule has 1 fully saturated rings. The highest BCUT2D eigenvalue weighted by molar-refractivity contribution is 5.97. The van der Waals surface area contributed by atoms with Crippen molar-refractivity contribution in [2.24, 2.45) is 5.41 Å². The van der Waals surface area contributed by atoms with Crippen molar-refractivity contribution in [3.63, 3.8) is 0 Å². The summed E-state index contributed by atoms with van der Waals surface area (Å²) in [6, 6.07) is 3.82. The van der Waals surface area contributed by atoms with Crippen LogP contribution in [-0.4, -0.2) is 31.3 Å². The fourth-order valence-electron chi connectivity index (χ4n) is 2.10.